The molecule has 196 valence electrons. The normalized spacial score (nSPS) is 16.4. The molecule has 2 aromatic carbocycles. The Bertz CT molecular complexity index is 1210. The van der Waals surface area contributed by atoms with Gasteiger partial charge in [0.2, 0.25) is 21.8 Å². The van der Waals surface area contributed by atoms with Crippen LogP contribution < -0.4 is 10.6 Å². The summed E-state index contributed by atoms with van der Waals surface area (Å²) in [6, 6.07) is 4.86. The first kappa shape index (κ1) is 27.5. The monoisotopic (exact) mass is 533 g/mol. The highest BCUT2D eigenvalue weighted by atomic mass is 32.2. The van der Waals surface area contributed by atoms with Crippen LogP contribution in [0.4, 0.5) is 22.0 Å². The quantitative estimate of drug-likeness (QED) is 0.535. The van der Waals surface area contributed by atoms with Crippen LogP contribution in [0.25, 0.3) is 0 Å². The molecule has 1 aliphatic heterocycles. The summed E-state index contributed by atoms with van der Waals surface area (Å²) in [5.41, 5.74) is -0.666. The van der Waals surface area contributed by atoms with E-state index in [2.05, 4.69) is 10.6 Å². The van der Waals surface area contributed by atoms with Crippen molar-refractivity contribution in [1.82, 2.24) is 14.9 Å². The van der Waals surface area contributed by atoms with Crippen LogP contribution in [-0.4, -0.2) is 49.7 Å². The minimum atomic E-state index is -4.58. The molecule has 0 spiro atoms. The Morgan fingerprint density at radius 2 is 1.64 bits per heavy atom. The maximum atomic E-state index is 13.5. The lowest BCUT2D eigenvalue weighted by Crippen LogP contribution is -2.53. The lowest BCUT2D eigenvalue weighted by atomic mass is 10.0. The zero-order valence-electron chi connectivity index (χ0n) is 19.1. The molecular weight excluding hydrogens is 509 g/mol. The van der Waals surface area contributed by atoms with Crippen molar-refractivity contribution in [1.29, 1.82) is 0 Å². The third-order valence-corrected chi connectivity index (χ3v) is 7.65. The molecule has 0 bridgehead atoms. The number of alkyl halides is 3. The molecule has 2 amide bonds. The van der Waals surface area contributed by atoms with Crippen LogP contribution in [0.3, 0.4) is 0 Å². The van der Waals surface area contributed by atoms with Crippen molar-refractivity contribution in [3.63, 3.8) is 0 Å². The first-order valence-electron chi connectivity index (χ1n) is 11.0. The number of carbonyl (C=O) groups is 2. The van der Waals surface area contributed by atoms with Gasteiger partial charge in [-0.1, -0.05) is 6.07 Å². The lowest BCUT2D eigenvalue weighted by molar-refractivity contribution is -0.137. The maximum Gasteiger partial charge on any atom is 0.416 e. The molecule has 13 heteroatoms. The van der Waals surface area contributed by atoms with E-state index in [1.807, 2.05) is 0 Å². The van der Waals surface area contributed by atoms with E-state index in [0.29, 0.717) is 17.7 Å². The Kier molecular flexibility index (Phi) is 8.34. The van der Waals surface area contributed by atoms with Crippen molar-refractivity contribution in [3.8, 4) is 0 Å². The van der Waals surface area contributed by atoms with Gasteiger partial charge in [0.1, 0.15) is 6.04 Å². The topological polar surface area (TPSA) is 95.6 Å². The van der Waals surface area contributed by atoms with Crippen molar-refractivity contribution in [2.24, 2.45) is 0 Å². The van der Waals surface area contributed by atoms with Gasteiger partial charge in [0.15, 0.2) is 11.6 Å². The average Bonchev–Trinajstić information content (AvgIpc) is 2.80. The van der Waals surface area contributed by atoms with E-state index in [0.717, 1.165) is 28.6 Å². The summed E-state index contributed by atoms with van der Waals surface area (Å²) in [4.78, 5) is 24.1. The van der Waals surface area contributed by atoms with Crippen LogP contribution in [0.2, 0.25) is 0 Å². The van der Waals surface area contributed by atoms with E-state index in [4.69, 9.17) is 0 Å². The van der Waals surface area contributed by atoms with Gasteiger partial charge in [-0.3, -0.25) is 9.59 Å². The SMILES string of the molecule is CC(=O)N[C@H](Cc1ccc(F)c(F)c1)C(=O)NC1CCN(S(=O)(=O)c2ccc(C(F)(F)F)cc2)CC1. The zero-order chi connectivity index (χ0) is 26.7. The molecule has 1 atom stereocenters. The van der Waals surface area contributed by atoms with Crippen molar-refractivity contribution < 1.29 is 40.0 Å². The molecule has 1 fully saturated rings. The Morgan fingerprint density at radius 3 is 2.17 bits per heavy atom. The molecule has 0 saturated carbocycles. The van der Waals surface area contributed by atoms with Crippen molar-refractivity contribution >= 4 is 21.8 Å². The number of piperidine rings is 1. The van der Waals surface area contributed by atoms with Gasteiger partial charge < -0.3 is 10.6 Å². The van der Waals surface area contributed by atoms with Crippen LogP contribution in [0.5, 0.6) is 0 Å². The maximum absolute atomic E-state index is 13.5. The minimum absolute atomic E-state index is 0.0161. The predicted molar refractivity (Wildman–Crippen MR) is 119 cm³/mol. The van der Waals surface area contributed by atoms with E-state index < -0.39 is 57.3 Å². The summed E-state index contributed by atoms with van der Waals surface area (Å²) in [5, 5.41) is 5.21. The van der Waals surface area contributed by atoms with Gasteiger partial charge in [-0.05, 0) is 54.8 Å². The van der Waals surface area contributed by atoms with Crippen LogP contribution in [-0.2, 0) is 32.2 Å². The smallest absolute Gasteiger partial charge is 0.351 e. The third-order valence-electron chi connectivity index (χ3n) is 5.74. The third kappa shape index (κ3) is 6.78. The van der Waals surface area contributed by atoms with Gasteiger partial charge in [0.25, 0.3) is 0 Å². The molecule has 1 saturated heterocycles. The van der Waals surface area contributed by atoms with Crippen LogP contribution in [0, 0.1) is 11.6 Å². The van der Waals surface area contributed by atoms with E-state index in [9.17, 15) is 40.0 Å². The summed E-state index contributed by atoms with van der Waals surface area (Å²) in [6.07, 6.45) is -4.23. The molecule has 0 aliphatic carbocycles. The lowest BCUT2D eigenvalue weighted by Gasteiger charge is -2.32. The summed E-state index contributed by atoms with van der Waals surface area (Å²) in [7, 11) is -4.03. The van der Waals surface area contributed by atoms with Crippen molar-refractivity contribution in [3.05, 3.63) is 65.2 Å². The molecule has 0 radical (unpaired) electrons. The molecule has 7 nitrogen and oxygen atoms in total. The second kappa shape index (κ2) is 10.9. The molecular formula is C23H24F5N3O4S. The first-order chi connectivity index (χ1) is 16.8. The number of halogens is 5. The summed E-state index contributed by atoms with van der Waals surface area (Å²) in [6.45, 7) is 1.24. The number of carbonyl (C=O) groups excluding carboxylic acids is 2. The van der Waals surface area contributed by atoms with E-state index >= 15 is 0 Å². The number of sulfonamides is 1. The van der Waals surface area contributed by atoms with Gasteiger partial charge in [0, 0.05) is 32.5 Å². The Morgan fingerprint density at radius 1 is 1.03 bits per heavy atom. The molecule has 1 heterocycles. The van der Waals surface area contributed by atoms with Gasteiger partial charge in [-0.15, -0.1) is 0 Å². The van der Waals surface area contributed by atoms with Gasteiger partial charge >= 0.3 is 6.18 Å². The highest BCUT2D eigenvalue weighted by Crippen LogP contribution is 2.30. The molecule has 0 unspecified atom stereocenters. The number of amides is 2. The molecule has 2 N–H and O–H groups in total. The van der Waals surface area contributed by atoms with Crippen LogP contribution in [0.1, 0.15) is 30.9 Å². The fourth-order valence-electron chi connectivity index (χ4n) is 3.86. The Balaban J connectivity index is 1.61. The first-order valence-corrected chi connectivity index (χ1v) is 12.4. The van der Waals surface area contributed by atoms with Crippen molar-refractivity contribution in [2.75, 3.05) is 13.1 Å². The molecule has 1 aliphatic rings. The number of hydrogen-bond donors (Lipinski definition) is 2. The average molecular weight is 534 g/mol. The second-order valence-electron chi connectivity index (χ2n) is 8.41. The number of benzene rings is 2. The summed E-state index contributed by atoms with van der Waals surface area (Å²) >= 11 is 0. The van der Waals surface area contributed by atoms with Gasteiger partial charge in [-0.2, -0.15) is 17.5 Å². The number of hydrogen-bond acceptors (Lipinski definition) is 4. The number of nitrogens with one attached hydrogen (secondary N) is 2. The second-order valence-corrected chi connectivity index (χ2v) is 10.4. The standard InChI is InChI=1S/C23H24F5N3O4S/c1-14(32)29-21(13-15-2-7-19(24)20(25)12-15)22(33)30-17-8-10-31(11-9-17)36(34,35)18-5-3-16(4-6-18)23(26,27)28/h2-7,12,17,21H,8-11,13H2,1H3,(H,29,32)(H,30,33)/t21-/m1/s1. The van der Waals surface area contributed by atoms with Gasteiger partial charge in [0.05, 0.1) is 10.5 Å². The van der Waals surface area contributed by atoms with Gasteiger partial charge in [-0.25, -0.2) is 17.2 Å². The number of rotatable bonds is 7. The molecule has 36 heavy (non-hydrogen) atoms. The van der Waals surface area contributed by atoms with Crippen LogP contribution >= 0.6 is 0 Å². The largest absolute Gasteiger partial charge is 0.416 e. The van der Waals surface area contributed by atoms with E-state index in [-0.39, 0.29) is 37.2 Å². The summed E-state index contributed by atoms with van der Waals surface area (Å²) < 4.78 is 91.7. The zero-order valence-corrected chi connectivity index (χ0v) is 19.9. The van der Waals surface area contributed by atoms with Crippen molar-refractivity contribution in [2.45, 2.75) is 49.3 Å². The predicted octanol–water partition coefficient (Wildman–Crippen LogP) is 3.00. The molecule has 2 aromatic rings. The summed E-state index contributed by atoms with van der Waals surface area (Å²) in [5.74, 6) is -3.21. The highest BCUT2D eigenvalue weighted by molar-refractivity contribution is 7.89. The van der Waals surface area contributed by atoms with E-state index in [1.54, 1.807) is 0 Å². The fourth-order valence-corrected chi connectivity index (χ4v) is 5.33. The molecule has 0 aromatic heterocycles. The minimum Gasteiger partial charge on any atom is -0.351 e. The van der Waals surface area contributed by atoms with E-state index in [1.165, 1.54) is 13.0 Å². The van der Waals surface area contributed by atoms with Crippen LogP contribution in [0.15, 0.2) is 47.4 Å². The Hall–Kier alpha value is -3.06. The Labute approximate surface area is 204 Å². The fraction of sp³-hybridized carbons (Fsp3) is 0.391. The molecule has 3 rings (SSSR count). The highest BCUT2D eigenvalue weighted by Gasteiger charge is 2.33. The number of nitrogens with zero attached hydrogens (tertiary/aromatic N) is 1.